The SMILES string of the molecule is CN=CC(=CN)c1ccc(N)c(OC(F)F)c1. The number of hydrogen-bond donors (Lipinski definition) is 2. The number of anilines is 1. The highest BCUT2D eigenvalue weighted by Crippen LogP contribution is 2.27. The zero-order valence-corrected chi connectivity index (χ0v) is 9.23. The minimum absolute atomic E-state index is 0.0821. The highest BCUT2D eigenvalue weighted by atomic mass is 19.3. The van der Waals surface area contributed by atoms with Gasteiger partial charge in [0.15, 0.2) is 0 Å². The molecule has 4 nitrogen and oxygen atoms in total. The third-order valence-electron chi connectivity index (χ3n) is 2.01. The summed E-state index contributed by atoms with van der Waals surface area (Å²) in [6.45, 7) is -2.92. The number of hydrogen-bond acceptors (Lipinski definition) is 4. The number of rotatable bonds is 4. The zero-order chi connectivity index (χ0) is 12.8. The first kappa shape index (κ1) is 13.0. The molecule has 0 unspecified atom stereocenters. The van der Waals surface area contributed by atoms with E-state index in [9.17, 15) is 8.78 Å². The summed E-state index contributed by atoms with van der Waals surface area (Å²) in [5, 5.41) is 0. The summed E-state index contributed by atoms with van der Waals surface area (Å²) in [7, 11) is 1.58. The van der Waals surface area contributed by atoms with E-state index in [1.807, 2.05) is 0 Å². The molecule has 0 aliphatic rings. The van der Waals surface area contributed by atoms with Gasteiger partial charge in [-0.15, -0.1) is 0 Å². The number of nitrogens with two attached hydrogens (primary N) is 2. The molecule has 0 saturated heterocycles. The second kappa shape index (κ2) is 5.83. The predicted molar refractivity (Wildman–Crippen MR) is 64.1 cm³/mol. The monoisotopic (exact) mass is 241 g/mol. The van der Waals surface area contributed by atoms with E-state index in [0.717, 1.165) is 0 Å². The van der Waals surface area contributed by atoms with Crippen molar-refractivity contribution in [3.63, 3.8) is 0 Å². The normalized spacial score (nSPS) is 12.4. The molecule has 0 aliphatic carbocycles. The van der Waals surface area contributed by atoms with Gasteiger partial charge < -0.3 is 16.2 Å². The van der Waals surface area contributed by atoms with Gasteiger partial charge in [0.25, 0.3) is 0 Å². The summed E-state index contributed by atoms with van der Waals surface area (Å²) in [6, 6.07) is 4.51. The second-order valence-corrected chi connectivity index (χ2v) is 3.14. The molecule has 0 radical (unpaired) electrons. The first-order valence-corrected chi connectivity index (χ1v) is 4.77. The van der Waals surface area contributed by atoms with Crippen LogP contribution in [0.3, 0.4) is 0 Å². The van der Waals surface area contributed by atoms with Crippen LogP contribution in [0.1, 0.15) is 5.56 Å². The van der Waals surface area contributed by atoms with E-state index in [1.54, 1.807) is 13.1 Å². The number of alkyl halides is 2. The molecule has 0 bridgehead atoms. The van der Waals surface area contributed by atoms with Gasteiger partial charge in [0.1, 0.15) is 5.75 Å². The second-order valence-electron chi connectivity index (χ2n) is 3.14. The van der Waals surface area contributed by atoms with E-state index in [0.29, 0.717) is 11.1 Å². The van der Waals surface area contributed by atoms with Crippen LogP contribution >= 0.6 is 0 Å². The molecule has 92 valence electrons. The van der Waals surface area contributed by atoms with Crippen LogP contribution in [0.2, 0.25) is 0 Å². The van der Waals surface area contributed by atoms with Gasteiger partial charge >= 0.3 is 6.61 Å². The van der Waals surface area contributed by atoms with E-state index in [1.165, 1.54) is 24.5 Å². The Morgan fingerprint density at radius 2 is 2.18 bits per heavy atom. The van der Waals surface area contributed by atoms with Crippen molar-refractivity contribution in [2.75, 3.05) is 12.8 Å². The van der Waals surface area contributed by atoms with Crippen molar-refractivity contribution in [1.82, 2.24) is 0 Å². The maximum Gasteiger partial charge on any atom is 0.387 e. The van der Waals surface area contributed by atoms with Crippen molar-refractivity contribution in [2.45, 2.75) is 6.61 Å². The largest absolute Gasteiger partial charge is 0.433 e. The fourth-order valence-corrected chi connectivity index (χ4v) is 1.26. The third-order valence-corrected chi connectivity index (χ3v) is 2.01. The summed E-state index contributed by atoms with van der Waals surface area (Å²) in [6.07, 6.45) is 2.84. The molecule has 0 spiro atoms. The van der Waals surface area contributed by atoms with Crippen molar-refractivity contribution in [2.24, 2.45) is 10.7 Å². The average Bonchev–Trinajstić information content (AvgIpc) is 2.28. The molecular formula is C11H13F2N3O. The summed E-state index contributed by atoms with van der Waals surface area (Å²) in [4.78, 5) is 3.80. The number of allylic oxidation sites excluding steroid dienone is 1. The van der Waals surface area contributed by atoms with Crippen molar-refractivity contribution in [3.8, 4) is 5.75 Å². The third kappa shape index (κ3) is 3.44. The van der Waals surface area contributed by atoms with Gasteiger partial charge in [0.2, 0.25) is 0 Å². The Kier molecular flexibility index (Phi) is 4.45. The molecule has 4 N–H and O–H groups in total. The van der Waals surface area contributed by atoms with E-state index in [-0.39, 0.29) is 11.4 Å². The quantitative estimate of drug-likeness (QED) is 0.624. The lowest BCUT2D eigenvalue weighted by Gasteiger charge is -2.09. The van der Waals surface area contributed by atoms with Crippen LogP contribution in [0.15, 0.2) is 29.4 Å². The Balaban J connectivity index is 3.11. The van der Waals surface area contributed by atoms with E-state index >= 15 is 0 Å². The molecular weight excluding hydrogens is 228 g/mol. The lowest BCUT2D eigenvalue weighted by Crippen LogP contribution is -2.05. The van der Waals surface area contributed by atoms with Crippen LogP contribution in [0.25, 0.3) is 5.57 Å². The number of ether oxygens (including phenoxy) is 1. The maximum atomic E-state index is 12.1. The van der Waals surface area contributed by atoms with Crippen molar-refractivity contribution >= 4 is 17.5 Å². The molecule has 0 aliphatic heterocycles. The summed E-state index contributed by atoms with van der Waals surface area (Å²) >= 11 is 0. The lowest BCUT2D eigenvalue weighted by molar-refractivity contribution is -0.0493. The molecule has 1 aromatic carbocycles. The minimum atomic E-state index is -2.92. The Hall–Kier alpha value is -2.11. The average molecular weight is 241 g/mol. The molecule has 0 saturated carbocycles. The summed E-state index contributed by atoms with van der Waals surface area (Å²) in [5.74, 6) is -0.0821. The highest BCUT2D eigenvalue weighted by molar-refractivity contribution is 6.09. The fourth-order valence-electron chi connectivity index (χ4n) is 1.26. The minimum Gasteiger partial charge on any atom is -0.433 e. The van der Waals surface area contributed by atoms with E-state index in [2.05, 4.69) is 9.73 Å². The first-order chi connectivity index (χ1) is 8.08. The Morgan fingerprint density at radius 3 is 2.71 bits per heavy atom. The van der Waals surface area contributed by atoms with Gasteiger partial charge in [-0.1, -0.05) is 6.07 Å². The predicted octanol–water partition coefficient (Wildman–Crippen LogP) is 1.87. The van der Waals surface area contributed by atoms with Crippen LogP contribution in [0, 0.1) is 0 Å². The van der Waals surface area contributed by atoms with Gasteiger partial charge in [0, 0.05) is 25.0 Å². The van der Waals surface area contributed by atoms with Crippen LogP contribution in [-0.4, -0.2) is 19.9 Å². The molecule has 1 rings (SSSR count). The lowest BCUT2D eigenvalue weighted by atomic mass is 10.1. The summed E-state index contributed by atoms with van der Waals surface area (Å²) < 4.78 is 28.5. The molecule has 17 heavy (non-hydrogen) atoms. The molecule has 0 heterocycles. The molecule has 0 amide bonds. The fraction of sp³-hybridized carbons (Fsp3) is 0.182. The van der Waals surface area contributed by atoms with Gasteiger partial charge in [-0.2, -0.15) is 8.78 Å². The van der Waals surface area contributed by atoms with Gasteiger partial charge in [-0.25, -0.2) is 0 Å². The van der Waals surface area contributed by atoms with Crippen LogP contribution < -0.4 is 16.2 Å². The number of aliphatic imine (C=N–C) groups is 1. The highest BCUT2D eigenvalue weighted by Gasteiger charge is 2.09. The molecule has 0 fully saturated rings. The Morgan fingerprint density at radius 1 is 1.47 bits per heavy atom. The molecule has 1 aromatic rings. The van der Waals surface area contributed by atoms with Gasteiger partial charge in [-0.05, 0) is 17.7 Å². The number of benzene rings is 1. The van der Waals surface area contributed by atoms with Crippen LogP contribution in [-0.2, 0) is 0 Å². The van der Waals surface area contributed by atoms with Crippen LogP contribution in [0.4, 0.5) is 14.5 Å². The maximum absolute atomic E-state index is 12.1. The Labute approximate surface area is 97.6 Å². The van der Waals surface area contributed by atoms with Crippen molar-refractivity contribution in [1.29, 1.82) is 0 Å². The standard InChI is InChI=1S/C11H13F2N3O/c1-16-6-8(5-14)7-2-3-9(15)10(4-7)17-11(12)13/h2-6,11H,14-15H2,1H3. The Bertz CT molecular complexity index is 444. The van der Waals surface area contributed by atoms with Crippen LogP contribution in [0.5, 0.6) is 5.75 Å². The number of halogens is 2. The van der Waals surface area contributed by atoms with Gasteiger partial charge in [0.05, 0.1) is 5.69 Å². The van der Waals surface area contributed by atoms with E-state index < -0.39 is 6.61 Å². The van der Waals surface area contributed by atoms with E-state index in [4.69, 9.17) is 11.5 Å². The van der Waals surface area contributed by atoms with Gasteiger partial charge in [-0.3, -0.25) is 4.99 Å². The number of nitrogen functional groups attached to an aromatic ring is 1. The molecule has 0 atom stereocenters. The van der Waals surface area contributed by atoms with Crippen molar-refractivity contribution in [3.05, 3.63) is 30.0 Å². The number of nitrogens with zero attached hydrogens (tertiary/aromatic N) is 1. The topological polar surface area (TPSA) is 73.6 Å². The smallest absolute Gasteiger partial charge is 0.387 e. The first-order valence-electron chi connectivity index (χ1n) is 4.77. The zero-order valence-electron chi connectivity index (χ0n) is 9.23. The molecule has 6 heteroatoms. The van der Waals surface area contributed by atoms with Crippen molar-refractivity contribution < 1.29 is 13.5 Å². The summed E-state index contributed by atoms with van der Waals surface area (Å²) in [5.41, 5.74) is 12.2. The molecule has 0 aromatic heterocycles.